The van der Waals surface area contributed by atoms with E-state index in [-0.39, 0.29) is 36.2 Å². The molecule has 0 saturated carbocycles. The minimum atomic E-state index is -0.877. The van der Waals surface area contributed by atoms with Crippen molar-refractivity contribution in [3.05, 3.63) is 36.5 Å². The van der Waals surface area contributed by atoms with Crippen molar-refractivity contribution >= 4 is 17.9 Å². The highest BCUT2D eigenvalue weighted by Gasteiger charge is 2.31. The van der Waals surface area contributed by atoms with E-state index in [0.717, 1.165) is 57.8 Å². The van der Waals surface area contributed by atoms with Gasteiger partial charge in [0.05, 0.1) is 34.4 Å². The van der Waals surface area contributed by atoms with Gasteiger partial charge in [-0.3, -0.25) is 9.59 Å². The van der Waals surface area contributed by atoms with Crippen LogP contribution in [0.3, 0.4) is 0 Å². The van der Waals surface area contributed by atoms with Crippen LogP contribution in [0.2, 0.25) is 0 Å². The van der Waals surface area contributed by atoms with Crippen molar-refractivity contribution in [1.29, 1.82) is 0 Å². The predicted octanol–water partition coefficient (Wildman–Crippen LogP) is 12.2. The second-order valence-corrected chi connectivity index (χ2v) is 16.3. The summed E-state index contributed by atoms with van der Waals surface area (Å²) in [7, 11) is 5.52. The molecular weight excluding hydrogens is 691 g/mol. The molecule has 0 bridgehead atoms. The predicted molar refractivity (Wildman–Crippen MR) is 229 cm³/mol. The van der Waals surface area contributed by atoms with Gasteiger partial charge >= 0.3 is 17.9 Å². The van der Waals surface area contributed by atoms with Gasteiger partial charge in [0.1, 0.15) is 6.61 Å². The lowest BCUT2D eigenvalue weighted by molar-refractivity contribution is -0.887. The van der Waals surface area contributed by atoms with Gasteiger partial charge in [-0.05, 0) is 64.2 Å². The van der Waals surface area contributed by atoms with Crippen molar-refractivity contribution < 1.29 is 38.2 Å². The van der Waals surface area contributed by atoms with Crippen molar-refractivity contribution in [2.75, 3.05) is 41.0 Å². The second kappa shape index (κ2) is 38.4. The number of ether oxygens (including phenoxy) is 3. The number of allylic oxidation sites excluding steroid dienone is 6. The number of nitrogens with zero attached hydrogens (tertiary/aromatic N) is 1. The largest absolute Gasteiger partial charge is 0.477 e. The number of hydrogen-bond donors (Lipinski definition) is 1. The number of unbranched alkanes of at least 4 members (excludes halogenated alkanes) is 20. The fraction of sp³-hybridized carbons (Fsp3) is 0.809. The van der Waals surface area contributed by atoms with Crippen LogP contribution in [-0.4, -0.2) is 80.6 Å². The zero-order chi connectivity index (χ0) is 40.7. The normalized spacial score (nSPS) is 13.3. The Bertz CT molecular complexity index is 1000. The molecule has 320 valence electrons. The van der Waals surface area contributed by atoms with Gasteiger partial charge in [0.25, 0.3) is 0 Å². The Morgan fingerprint density at radius 2 is 1.02 bits per heavy atom. The summed E-state index contributed by atoms with van der Waals surface area (Å²) in [5.74, 6) is -1.48. The highest BCUT2D eigenvalue weighted by Crippen LogP contribution is 2.14. The Hall–Kier alpha value is -2.45. The van der Waals surface area contributed by atoms with Gasteiger partial charge in [0, 0.05) is 19.3 Å². The number of rotatable bonds is 40. The van der Waals surface area contributed by atoms with Crippen LogP contribution in [0.15, 0.2) is 36.5 Å². The van der Waals surface area contributed by atoms with Crippen molar-refractivity contribution in [3.8, 4) is 0 Å². The number of esters is 2. The average Bonchev–Trinajstić information content (AvgIpc) is 3.14. The van der Waals surface area contributed by atoms with Crippen LogP contribution >= 0.6 is 0 Å². The molecule has 0 aromatic heterocycles. The van der Waals surface area contributed by atoms with E-state index in [4.69, 9.17) is 14.2 Å². The molecule has 0 fully saturated rings. The molecule has 8 heteroatoms. The molecule has 2 unspecified atom stereocenters. The van der Waals surface area contributed by atoms with Crippen LogP contribution in [0, 0.1) is 0 Å². The molecule has 1 N–H and O–H groups in total. The molecule has 0 spiro atoms. The lowest BCUT2D eigenvalue weighted by atomic mass is 10.1. The molecule has 0 aromatic carbocycles. The first-order chi connectivity index (χ1) is 26.6. The quantitative estimate of drug-likeness (QED) is 0.0286. The van der Waals surface area contributed by atoms with E-state index in [0.29, 0.717) is 19.3 Å². The summed E-state index contributed by atoms with van der Waals surface area (Å²) in [5, 5.41) is 9.62. The van der Waals surface area contributed by atoms with E-state index in [1.165, 1.54) is 103 Å². The molecule has 0 radical (unpaired) electrons. The molecule has 0 aromatic rings. The van der Waals surface area contributed by atoms with Crippen molar-refractivity contribution in [3.63, 3.8) is 0 Å². The first-order valence-electron chi connectivity index (χ1n) is 22.5. The lowest BCUT2D eigenvalue weighted by Crippen LogP contribution is -2.50. The van der Waals surface area contributed by atoms with Gasteiger partial charge in [-0.25, -0.2) is 4.79 Å². The van der Waals surface area contributed by atoms with Gasteiger partial charge in [-0.1, -0.05) is 147 Å². The minimum absolute atomic E-state index is 0.0557. The number of quaternary nitrogens is 1. The van der Waals surface area contributed by atoms with E-state index >= 15 is 0 Å². The summed E-state index contributed by atoms with van der Waals surface area (Å²) in [6.45, 7) is 4.62. The van der Waals surface area contributed by atoms with Gasteiger partial charge in [0.15, 0.2) is 12.1 Å². The summed E-state index contributed by atoms with van der Waals surface area (Å²) in [5.41, 5.74) is 0. The monoisotopic (exact) mass is 777 g/mol. The van der Waals surface area contributed by atoms with Crippen LogP contribution in [0.25, 0.3) is 0 Å². The number of likely N-dealkylation sites (N-methyl/N-ethyl adjacent to an activating group) is 1. The van der Waals surface area contributed by atoms with E-state index < -0.39 is 18.1 Å². The fourth-order valence-electron chi connectivity index (χ4n) is 6.54. The maximum absolute atomic E-state index is 12.7. The van der Waals surface area contributed by atoms with Crippen LogP contribution in [0.4, 0.5) is 0 Å². The van der Waals surface area contributed by atoms with Crippen LogP contribution in [-0.2, 0) is 28.6 Å². The minimum Gasteiger partial charge on any atom is -0.477 e. The number of carboxylic acid groups (broad SMARTS) is 1. The smallest absolute Gasteiger partial charge is 0.362 e. The highest BCUT2D eigenvalue weighted by atomic mass is 16.6. The number of hydrogen-bond acceptors (Lipinski definition) is 6. The van der Waals surface area contributed by atoms with E-state index in [1.54, 1.807) is 0 Å². The Kier molecular flexibility index (Phi) is 36.7. The van der Waals surface area contributed by atoms with Gasteiger partial charge in [0.2, 0.25) is 0 Å². The average molecular weight is 777 g/mol. The van der Waals surface area contributed by atoms with Gasteiger partial charge in [-0.2, -0.15) is 0 Å². The third-order valence-electron chi connectivity index (χ3n) is 10.0. The van der Waals surface area contributed by atoms with Crippen molar-refractivity contribution in [2.45, 2.75) is 206 Å². The molecule has 0 heterocycles. The third kappa shape index (κ3) is 36.9. The Morgan fingerprint density at radius 3 is 1.51 bits per heavy atom. The topological polar surface area (TPSA) is 99.1 Å². The Morgan fingerprint density at radius 1 is 0.564 bits per heavy atom. The SMILES string of the molecule is CC/C=C/C/C=C/CCCCCCCCCC(=O)OCC(COCCC(C(=O)O)[N+](C)(C)C)OC(=O)CCCCCCCCC/C=C/CCCCCCCC. The first kappa shape index (κ1) is 52.6. The number of carbonyl (C=O) groups is 3. The second-order valence-electron chi connectivity index (χ2n) is 16.3. The molecule has 55 heavy (non-hydrogen) atoms. The summed E-state index contributed by atoms with van der Waals surface area (Å²) < 4.78 is 17.3. The molecule has 0 aliphatic carbocycles. The first-order valence-corrected chi connectivity index (χ1v) is 22.5. The standard InChI is InChI=1S/C47H85NO7/c1-6-8-10-12-14-16-18-20-22-23-24-26-28-30-32-34-36-38-46(50)55-43(41-53-40-39-44(47(51)52)48(3,4)5)42-54-45(49)37-35-33-31-29-27-25-21-19-17-15-13-11-9-7-2/h9,11,15,17,20,22,43-44H,6-8,10,12-14,16,18-19,21,23-42H2,1-5H3/p+1/b11-9+,17-15+,22-20+. The molecule has 2 atom stereocenters. The molecular formula is C47H86NO7+. The summed E-state index contributed by atoms with van der Waals surface area (Å²) in [6, 6.07) is -0.615. The number of carbonyl (C=O) groups excluding carboxylic acids is 2. The summed E-state index contributed by atoms with van der Waals surface area (Å²) in [6.07, 6.45) is 43.2. The van der Waals surface area contributed by atoms with E-state index in [9.17, 15) is 19.5 Å². The lowest BCUT2D eigenvalue weighted by Gasteiger charge is -2.31. The van der Waals surface area contributed by atoms with Crippen molar-refractivity contribution in [2.24, 2.45) is 0 Å². The van der Waals surface area contributed by atoms with E-state index in [1.807, 2.05) is 21.1 Å². The Labute approximate surface area is 338 Å². The van der Waals surface area contributed by atoms with E-state index in [2.05, 4.69) is 50.3 Å². The zero-order valence-corrected chi connectivity index (χ0v) is 36.4. The Balaban J connectivity index is 4.33. The number of aliphatic carboxylic acids is 1. The molecule has 0 rings (SSSR count). The van der Waals surface area contributed by atoms with Crippen LogP contribution in [0.5, 0.6) is 0 Å². The molecule has 8 nitrogen and oxygen atoms in total. The van der Waals surface area contributed by atoms with Crippen molar-refractivity contribution in [1.82, 2.24) is 0 Å². The molecule has 0 aliphatic rings. The van der Waals surface area contributed by atoms with Gasteiger partial charge in [-0.15, -0.1) is 0 Å². The zero-order valence-electron chi connectivity index (χ0n) is 36.4. The molecule has 0 saturated heterocycles. The number of carboxylic acids is 1. The molecule has 0 aliphatic heterocycles. The fourth-order valence-corrected chi connectivity index (χ4v) is 6.54. The maximum atomic E-state index is 12.7. The highest BCUT2D eigenvalue weighted by molar-refractivity contribution is 5.72. The maximum Gasteiger partial charge on any atom is 0.362 e. The van der Waals surface area contributed by atoms with Crippen LogP contribution < -0.4 is 0 Å². The van der Waals surface area contributed by atoms with Crippen LogP contribution in [0.1, 0.15) is 194 Å². The molecule has 0 amide bonds. The third-order valence-corrected chi connectivity index (χ3v) is 10.0. The summed E-state index contributed by atoms with van der Waals surface area (Å²) >= 11 is 0. The summed E-state index contributed by atoms with van der Waals surface area (Å²) in [4.78, 5) is 37.0. The van der Waals surface area contributed by atoms with Gasteiger partial charge < -0.3 is 23.8 Å².